The van der Waals surface area contributed by atoms with Crippen LogP contribution in [-0.4, -0.2) is 4.98 Å². The van der Waals surface area contributed by atoms with Gasteiger partial charge in [0.25, 0.3) is 0 Å². The molecule has 1 heterocycles. The van der Waals surface area contributed by atoms with Gasteiger partial charge in [-0.3, -0.25) is 4.98 Å². The number of hydrogen-bond donors (Lipinski definition) is 2. The molecular formula is C13H15N3. The Morgan fingerprint density at radius 3 is 2.50 bits per heavy atom. The van der Waals surface area contributed by atoms with Crippen LogP contribution in [0.4, 0.5) is 5.69 Å². The standard InChI is InChI=1S/C13H15N3/c14-12-6-7-13(16-9-12)10-15-8-11-4-2-1-3-5-11/h1-7,9,15H,8,10,14H2. The third-order valence-electron chi connectivity index (χ3n) is 2.33. The summed E-state index contributed by atoms with van der Waals surface area (Å²) in [6.07, 6.45) is 1.68. The number of rotatable bonds is 4. The average Bonchev–Trinajstić information content (AvgIpc) is 2.33. The van der Waals surface area contributed by atoms with Crippen LogP contribution in [0.15, 0.2) is 48.7 Å². The van der Waals surface area contributed by atoms with Gasteiger partial charge in [-0.25, -0.2) is 0 Å². The summed E-state index contributed by atoms with van der Waals surface area (Å²) in [5.74, 6) is 0. The predicted molar refractivity (Wildman–Crippen MR) is 65.6 cm³/mol. The van der Waals surface area contributed by atoms with Crippen LogP contribution in [0.2, 0.25) is 0 Å². The SMILES string of the molecule is Nc1ccc(CNCc2ccccc2)nc1. The van der Waals surface area contributed by atoms with Crippen LogP contribution in [0.25, 0.3) is 0 Å². The minimum atomic E-state index is 0.701. The fraction of sp³-hybridized carbons (Fsp3) is 0.154. The number of hydrogen-bond acceptors (Lipinski definition) is 3. The van der Waals surface area contributed by atoms with E-state index in [0.29, 0.717) is 5.69 Å². The van der Waals surface area contributed by atoms with E-state index in [4.69, 9.17) is 5.73 Å². The maximum Gasteiger partial charge on any atom is 0.0543 e. The Labute approximate surface area is 95.3 Å². The van der Waals surface area contributed by atoms with Crippen LogP contribution >= 0.6 is 0 Å². The lowest BCUT2D eigenvalue weighted by atomic mass is 10.2. The van der Waals surface area contributed by atoms with Crippen molar-refractivity contribution in [3.8, 4) is 0 Å². The molecule has 3 nitrogen and oxygen atoms in total. The Hall–Kier alpha value is -1.87. The first-order valence-electron chi connectivity index (χ1n) is 5.29. The van der Waals surface area contributed by atoms with Gasteiger partial charge in [-0.1, -0.05) is 30.3 Å². The highest BCUT2D eigenvalue weighted by Gasteiger charge is 1.94. The van der Waals surface area contributed by atoms with Crippen molar-refractivity contribution in [2.75, 3.05) is 5.73 Å². The van der Waals surface area contributed by atoms with Crippen LogP contribution < -0.4 is 11.1 Å². The molecule has 0 radical (unpaired) electrons. The molecule has 1 aromatic heterocycles. The second-order valence-corrected chi connectivity index (χ2v) is 3.67. The highest BCUT2D eigenvalue weighted by atomic mass is 14.9. The summed E-state index contributed by atoms with van der Waals surface area (Å²) in [6.45, 7) is 1.61. The normalized spacial score (nSPS) is 10.2. The van der Waals surface area contributed by atoms with Crippen molar-refractivity contribution >= 4 is 5.69 Å². The minimum Gasteiger partial charge on any atom is -0.397 e. The molecule has 0 aliphatic carbocycles. The lowest BCUT2D eigenvalue weighted by Crippen LogP contribution is -2.13. The minimum absolute atomic E-state index is 0.701. The molecule has 82 valence electrons. The van der Waals surface area contributed by atoms with E-state index < -0.39 is 0 Å². The first-order valence-corrected chi connectivity index (χ1v) is 5.29. The Bertz CT molecular complexity index is 423. The van der Waals surface area contributed by atoms with Gasteiger partial charge in [-0.2, -0.15) is 0 Å². The van der Waals surface area contributed by atoms with E-state index in [1.54, 1.807) is 6.20 Å². The highest BCUT2D eigenvalue weighted by Crippen LogP contribution is 2.02. The molecule has 2 rings (SSSR count). The first kappa shape index (κ1) is 10.6. The molecule has 2 aromatic rings. The summed E-state index contributed by atoms with van der Waals surface area (Å²) < 4.78 is 0. The summed E-state index contributed by atoms with van der Waals surface area (Å²) >= 11 is 0. The molecule has 0 aliphatic heterocycles. The quantitative estimate of drug-likeness (QED) is 0.816. The molecule has 0 unspecified atom stereocenters. The number of benzene rings is 1. The second kappa shape index (κ2) is 5.28. The zero-order valence-corrected chi connectivity index (χ0v) is 9.06. The van der Waals surface area contributed by atoms with Crippen molar-refractivity contribution in [2.24, 2.45) is 0 Å². The molecule has 16 heavy (non-hydrogen) atoms. The maximum atomic E-state index is 5.56. The van der Waals surface area contributed by atoms with Gasteiger partial charge in [0.1, 0.15) is 0 Å². The van der Waals surface area contributed by atoms with Gasteiger partial charge >= 0.3 is 0 Å². The number of pyridine rings is 1. The summed E-state index contributed by atoms with van der Waals surface area (Å²) in [4.78, 5) is 4.22. The Balaban J connectivity index is 1.82. The third-order valence-corrected chi connectivity index (χ3v) is 2.33. The zero-order valence-electron chi connectivity index (χ0n) is 9.06. The van der Waals surface area contributed by atoms with Crippen molar-refractivity contribution in [1.29, 1.82) is 0 Å². The van der Waals surface area contributed by atoms with Gasteiger partial charge in [0.2, 0.25) is 0 Å². The molecule has 1 aromatic carbocycles. The van der Waals surface area contributed by atoms with Crippen molar-refractivity contribution in [3.63, 3.8) is 0 Å². The summed E-state index contributed by atoms with van der Waals surface area (Å²) in [6, 6.07) is 14.1. The van der Waals surface area contributed by atoms with E-state index in [1.807, 2.05) is 30.3 Å². The molecule has 0 saturated heterocycles. The summed E-state index contributed by atoms with van der Waals surface area (Å²) in [5, 5.41) is 3.33. The van der Waals surface area contributed by atoms with E-state index in [0.717, 1.165) is 18.8 Å². The molecule has 3 N–H and O–H groups in total. The van der Waals surface area contributed by atoms with Crippen molar-refractivity contribution < 1.29 is 0 Å². The van der Waals surface area contributed by atoms with E-state index in [9.17, 15) is 0 Å². The van der Waals surface area contributed by atoms with Gasteiger partial charge < -0.3 is 11.1 Å². The molecule has 0 saturated carbocycles. The number of nitrogens with two attached hydrogens (primary N) is 1. The number of nitrogen functional groups attached to an aromatic ring is 1. The molecule has 0 atom stereocenters. The summed E-state index contributed by atoms with van der Waals surface area (Å²) in [7, 11) is 0. The van der Waals surface area contributed by atoms with Crippen LogP contribution in [0.3, 0.4) is 0 Å². The van der Waals surface area contributed by atoms with Crippen molar-refractivity contribution in [1.82, 2.24) is 10.3 Å². The topological polar surface area (TPSA) is 50.9 Å². The first-order chi connectivity index (χ1) is 7.84. The van der Waals surface area contributed by atoms with E-state index in [-0.39, 0.29) is 0 Å². The van der Waals surface area contributed by atoms with Crippen molar-refractivity contribution in [3.05, 3.63) is 59.9 Å². The molecule has 0 aliphatic rings. The lowest BCUT2D eigenvalue weighted by molar-refractivity contribution is 0.680. The molecule has 0 spiro atoms. The zero-order chi connectivity index (χ0) is 11.2. The Morgan fingerprint density at radius 2 is 1.81 bits per heavy atom. The molecule has 3 heteroatoms. The second-order valence-electron chi connectivity index (χ2n) is 3.67. The average molecular weight is 213 g/mol. The van der Waals surface area contributed by atoms with Crippen LogP contribution in [0, 0.1) is 0 Å². The number of aromatic nitrogens is 1. The number of nitrogens with zero attached hydrogens (tertiary/aromatic N) is 1. The van der Waals surface area contributed by atoms with E-state index in [1.165, 1.54) is 5.56 Å². The van der Waals surface area contributed by atoms with E-state index >= 15 is 0 Å². The van der Waals surface area contributed by atoms with Crippen LogP contribution in [-0.2, 0) is 13.1 Å². The molecule has 0 amide bonds. The highest BCUT2D eigenvalue weighted by molar-refractivity contribution is 5.34. The maximum absolute atomic E-state index is 5.56. The largest absolute Gasteiger partial charge is 0.397 e. The van der Waals surface area contributed by atoms with Crippen LogP contribution in [0.1, 0.15) is 11.3 Å². The summed E-state index contributed by atoms with van der Waals surface area (Å²) in [5.41, 5.74) is 8.54. The molecule has 0 bridgehead atoms. The Morgan fingerprint density at radius 1 is 1.00 bits per heavy atom. The van der Waals surface area contributed by atoms with Gasteiger partial charge in [0, 0.05) is 13.1 Å². The predicted octanol–water partition coefficient (Wildman–Crippen LogP) is 1.95. The molecular weight excluding hydrogens is 198 g/mol. The fourth-order valence-corrected chi connectivity index (χ4v) is 1.47. The van der Waals surface area contributed by atoms with Gasteiger partial charge in [-0.05, 0) is 17.7 Å². The number of anilines is 1. The fourth-order valence-electron chi connectivity index (χ4n) is 1.47. The van der Waals surface area contributed by atoms with Gasteiger partial charge in [0.15, 0.2) is 0 Å². The van der Waals surface area contributed by atoms with Crippen molar-refractivity contribution in [2.45, 2.75) is 13.1 Å². The number of nitrogens with one attached hydrogen (secondary N) is 1. The monoisotopic (exact) mass is 213 g/mol. The smallest absolute Gasteiger partial charge is 0.0543 e. The van der Waals surface area contributed by atoms with Crippen LogP contribution in [0.5, 0.6) is 0 Å². The lowest BCUT2D eigenvalue weighted by Gasteiger charge is -2.04. The molecule has 0 fully saturated rings. The van der Waals surface area contributed by atoms with E-state index in [2.05, 4.69) is 22.4 Å². The van der Waals surface area contributed by atoms with Gasteiger partial charge in [-0.15, -0.1) is 0 Å². The van der Waals surface area contributed by atoms with Gasteiger partial charge in [0.05, 0.1) is 17.6 Å². The Kier molecular flexibility index (Phi) is 3.51. The third kappa shape index (κ3) is 3.07.